The minimum absolute atomic E-state index is 0.0138. The van der Waals surface area contributed by atoms with Crippen LogP contribution in [0.4, 0.5) is 9.59 Å². The molecule has 4 saturated carbocycles. The van der Waals surface area contributed by atoms with E-state index in [1.807, 2.05) is 119 Å². The first kappa shape index (κ1) is 85.5. The molecule has 4 heterocycles. The zero-order valence-electron chi connectivity index (χ0n) is 66.9. The molecule has 6 N–H and O–H groups in total. The van der Waals surface area contributed by atoms with E-state index in [1.54, 1.807) is 33.5 Å². The number of nitrogens with one attached hydrogen (secondary N) is 6. The largest absolute Gasteiger partial charge is 0.496 e. The van der Waals surface area contributed by atoms with Crippen LogP contribution in [0.3, 0.4) is 0 Å². The van der Waals surface area contributed by atoms with Crippen LogP contribution in [0.25, 0.3) is 33.7 Å². The third-order valence-corrected chi connectivity index (χ3v) is 27.3. The quantitative estimate of drug-likeness (QED) is 0.0239. The molecule has 4 aliphatic heterocycles. The van der Waals surface area contributed by atoms with E-state index in [-0.39, 0.29) is 63.8 Å². The van der Waals surface area contributed by atoms with E-state index in [4.69, 9.17) is 28.4 Å². The van der Waals surface area contributed by atoms with Gasteiger partial charge in [0.1, 0.15) is 57.9 Å². The van der Waals surface area contributed by atoms with Crippen molar-refractivity contribution in [3.05, 3.63) is 146 Å². The van der Waals surface area contributed by atoms with Gasteiger partial charge in [-0.25, -0.2) is 26.4 Å². The predicted octanol–water partition coefficient (Wildman–Crippen LogP) is 11.3. The van der Waals surface area contributed by atoms with Crippen LogP contribution in [0.1, 0.15) is 178 Å². The molecule has 114 heavy (non-hydrogen) atoms. The number of sulfonamides is 2. The fourth-order valence-electron chi connectivity index (χ4n) is 16.1. The second-order valence-electron chi connectivity index (χ2n) is 33.4. The molecule has 10 atom stereocenters. The number of ether oxygens (including phenoxy) is 6. The van der Waals surface area contributed by atoms with Gasteiger partial charge in [0.05, 0.1) is 51.0 Å². The van der Waals surface area contributed by atoms with Crippen molar-refractivity contribution in [1.82, 2.24) is 40.5 Å². The SMILES string of the molecule is C=CCCCCC[C@H](NC(=O)OCC(C)(C)CC=C)C(=O)N1C[C@](OC)(c2ccc3cc(OC)c(C=C)cc3c2)C[C@H]1C(=O)N[C@]1(C(=O)NS(=O)(=O)C2CC2)C[C@H]1C=C.COc1cc2ccc3cc2cc1C=CCC(C)(C)COC(=O)N[C@H]1CCCCC/C=C\[C@@H]2C[C@@]2(C(=O)NS(=O)(=O)C2CC2)NC(=O)[C@@H]2C[C@]3(OC)CN2C1=O. The van der Waals surface area contributed by atoms with E-state index >= 15 is 0 Å². The minimum Gasteiger partial charge on any atom is -0.496 e. The topological polar surface area (TPSA) is 339 Å². The normalized spacial score (nSPS) is 26.7. The molecule has 616 valence electrons. The Morgan fingerprint density at radius 2 is 1.37 bits per heavy atom. The highest BCUT2D eigenvalue weighted by Crippen LogP contribution is 2.50. The number of allylic oxidation sites excluding steroid dienone is 4. The van der Waals surface area contributed by atoms with Crippen molar-refractivity contribution in [2.24, 2.45) is 22.7 Å². The molecule has 0 unspecified atom stereocenters. The third-order valence-electron chi connectivity index (χ3n) is 23.6. The molecule has 0 radical (unpaired) electrons. The van der Waals surface area contributed by atoms with Crippen molar-refractivity contribution in [2.75, 3.05) is 54.7 Å². The van der Waals surface area contributed by atoms with Gasteiger partial charge in [0.15, 0.2) is 0 Å². The number of nitrogens with zero attached hydrogens (tertiary/aromatic N) is 2. The molecular formula is C86H112N8O18S2. The van der Waals surface area contributed by atoms with Gasteiger partial charge >= 0.3 is 12.2 Å². The van der Waals surface area contributed by atoms with Crippen molar-refractivity contribution in [1.29, 1.82) is 0 Å². The van der Waals surface area contributed by atoms with E-state index in [1.165, 1.54) is 23.0 Å². The Kier molecular flexibility index (Phi) is 26.2. The maximum absolute atomic E-state index is 14.9. The number of benzene rings is 4. The molecule has 12 rings (SSSR count). The number of unbranched alkanes of at least 4 members (excludes halogenated alkanes) is 3. The molecule has 4 aromatic rings. The fraction of sp³-hybridized carbons (Fsp3) is 0.535. The molecule has 6 fully saturated rings. The number of methoxy groups -OCH3 is 4. The summed E-state index contributed by atoms with van der Waals surface area (Å²) in [5, 5.41) is 13.7. The highest BCUT2D eigenvalue weighted by Gasteiger charge is 2.65. The molecule has 8 aliphatic rings. The maximum atomic E-state index is 14.9. The average molecular weight is 1610 g/mol. The monoisotopic (exact) mass is 1610 g/mol. The van der Waals surface area contributed by atoms with Crippen LogP contribution in [0.15, 0.2) is 123 Å². The van der Waals surface area contributed by atoms with Crippen molar-refractivity contribution < 1.29 is 83.6 Å². The number of carbonyl (C=O) groups is 8. The number of hydrogen-bond donors (Lipinski definition) is 6. The Morgan fingerprint density at radius 3 is 1.98 bits per heavy atom. The number of fused-ring (bicyclic) bond motifs is 7. The minimum atomic E-state index is -3.93. The molecule has 0 spiro atoms. The van der Waals surface area contributed by atoms with Crippen LogP contribution in [-0.2, 0) is 79.0 Å². The van der Waals surface area contributed by atoms with Gasteiger partial charge in [-0.3, -0.25) is 38.2 Å². The maximum Gasteiger partial charge on any atom is 0.407 e. The van der Waals surface area contributed by atoms with Crippen LogP contribution in [-0.4, -0.2) is 175 Å². The zero-order chi connectivity index (χ0) is 82.3. The summed E-state index contributed by atoms with van der Waals surface area (Å²) < 4.78 is 91.1. The first-order valence-corrected chi connectivity index (χ1v) is 42.7. The number of alkyl carbamates (subject to hydrolysis) is 2. The Balaban J connectivity index is 0.000000225. The summed E-state index contributed by atoms with van der Waals surface area (Å²) in [7, 11) is -1.56. The summed E-state index contributed by atoms with van der Waals surface area (Å²) in [6.07, 6.45) is 23.1. The van der Waals surface area contributed by atoms with Crippen LogP contribution < -0.4 is 40.2 Å². The van der Waals surface area contributed by atoms with Crippen LogP contribution >= 0.6 is 0 Å². The molecule has 26 nitrogen and oxygen atoms in total. The fourth-order valence-corrected chi connectivity index (χ4v) is 18.8. The first-order valence-electron chi connectivity index (χ1n) is 39.6. The van der Waals surface area contributed by atoms with Crippen LogP contribution in [0.2, 0.25) is 0 Å². The Bertz CT molecular complexity index is 4710. The van der Waals surface area contributed by atoms with E-state index < -0.39 is 142 Å². The summed E-state index contributed by atoms with van der Waals surface area (Å²) in [5.74, 6) is -3.52. The summed E-state index contributed by atoms with van der Waals surface area (Å²) >= 11 is 0. The Hall–Kier alpha value is -9.38. The lowest BCUT2D eigenvalue weighted by atomic mass is 9.88. The third kappa shape index (κ3) is 19.3. The molecule has 6 bridgehead atoms. The van der Waals surface area contributed by atoms with E-state index in [2.05, 4.69) is 57.0 Å². The van der Waals surface area contributed by atoms with Gasteiger partial charge in [0, 0.05) is 60.9 Å². The van der Waals surface area contributed by atoms with Gasteiger partial charge in [-0.05, 0) is 159 Å². The molecule has 2 saturated heterocycles. The second kappa shape index (κ2) is 35.0. The lowest BCUT2D eigenvalue weighted by molar-refractivity contribution is -0.141. The summed E-state index contributed by atoms with van der Waals surface area (Å²) in [4.78, 5) is 116. The molecule has 28 heteroatoms. The summed E-state index contributed by atoms with van der Waals surface area (Å²) in [6, 6.07) is 15.1. The standard InChI is InChI=1S/C45H60N4O9S.C41H52N4O9S/c1-9-13-14-15-16-17-36(46-42(53)58-29-43(5,6)22-10-2)40(51)49-28-44(57-8,34-19-18-31-25-38(56-7)30(11-3)23-32(31)24-34)27-37(49)39(50)47-45(26-33(45)12-4)41(52)48-59(54,55)35-20-21-35;1-39(2)18-10-11-27-19-28-20-29(15-14-26(28)21-34(27)52-3)40(53-4)23-33-35(46)43-41(37(48)44-55(50,51)31-16-17-31)22-30(41)12-8-6-5-7-9-13-32(36(47)45(33)24-40)42-38(49)54-25-39/h9-12,18-19,23-25,33,35-37H,1-4,13-17,20-22,26-29H2,5-8H3,(H,46,53)(H,47,50)(H,48,52);8,10-12,14-15,19-21,30-33H,5-7,9,13,16-18,22-25H2,1-4H3,(H,42,49)(H,43,46)(H,44,48)/b;11-10?,12-8-/t33-,36+,37+,44+,45-;30-,32+,33+,40+,41-/m11/s1. The summed E-state index contributed by atoms with van der Waals surface area (Å²) in [6.45, 7) is 23.3. The van der Waals surface area contributed by atoms with Gasteiger partial charge in [0.25, 0.3) is 11.8 Å². The van der Waals surface area contributed by atoms with Crippen LogP contribution in [0.5, 0.6) is 11.5 Å². The summed E-state index contributed by atoms with van der Waals surface area (Å²) in [5.41, 5.74) is -3.20. The van der Waals surface area contributed by atoms with E-state index in [0.29, 0.717) is 81.3 Å². The molecule has 4 aliphatic carbocycles. The van der Waals surface area contributed by atoms with Crippen molar-refractivity contribution in [3.8, 4) is 11.5 Å². The zero-order valence-corrected chi connectivity index (χ0v) is 68.5. The number of amides is 8. The molecule has 0 aromatic heterocycles. The van der Waals surface area contributed by atoms with Crippen molar-refractivity contribution >= 4 is 101 Å². The van der Waals surface area contributed by atoms with Crippen LogP contribution in [0, 0.1) is 22.7 Å². The highest BCUT2D eigenvalue weighted by molar-refractivity contribution is 7.91. The average Bonchev–Trinajstić information content (AvgIpc) is 1.57. The van der Waals surface area contributed by atoms with Gasteiger partial charge in [-0.1, -0.05) is 133 Å². The number of likely N-dealkylation sites (tertiary alicyclic amines) is 1. The van der Waals surface area contributed by atoms with Gasteiger partial charge in [0.2, 0.25) is 43.7 Å². The number of rotatable bonds is 27. The Morgan fingerprint density at radius 1 is 0.719 bits per heavy atom. The van der Waals surface area contributed by atoms with Crippen molar-refractivity contribution in [2.45, 2.75) is 213 Å². The van der Waals surface area contributed by atoms with Gasteiger partial charge in [-0.2, -0.15) is 0 Å². The van der Waals surface area contributed by atoms with E-state index in [0.717, 1.165) is 70.3 Å². The molecular weight excluding hydrogens is 1500 g/mol. The number of carbonyl (C=O) groups excluding carboxylic acids is 8. The predicted molar refractivity (Wildman–Crippen MR) is 435 cm³/mol. The second-order valence-corrected chi connectivity index (χ2v) is 37.3. The van der Waals surface area contributed by atoms with E-state index in [9.17, 15) is 55.2 Å². The number of cyclic esters (lactones) is 1. The lowest BCUT2D eigenvalue weighted by Gasteiger charge is -2.31. The van der Waals surface area contributed by atoms with Gasteiger partial charge in [-0.15, -0.1) is 19.7 Å². The Labute approximate surface area is 669 Å². The smallest absolute Gasteiger partial charge is 0.407 e. The first-order chi connectivity index (χ1) is 54.2. The number of hydrogen-bond acceptors (Lipinski definition) is 18. The molecule has 4 aromatic carbocycles. The molecule has 8 amide bonds. The lowest BCUT2D eigenvalue weighted by Crippen LogP contribution is -2.58. The highest BCUT2D eigenvalue weighted by atomic mass is 32.2. The van der Waals surface area contributed by atoms with Crippen molar-refractivity contribution in [3.63, 3.8) is 0 Å². The van der Waals surface area contributed by atoms with Gasteiger partial charge < -0.3 is 59.5 Å².